The summed E-state index contributed by atoms with van der Waals surface area (Å²) in [7, 11) is 0. The minimum Gasteiger partial charge on any atom is -0.480 e. The number of nitrogens with one attached hydrogen (secondary N) is 1. The van der Waals surface area contributed by atoms with Crippen LogP contribution in [0.4, 0.5) is 0 Å². The molecule has 0 radical (unpaired) electrons. The molecule has 0 saturated heterocycles. The molecule has 4 nitrogen and oxygen atoms in total. The van der Waals surface area contributed by atoms with Crippen molar-refractivity contribution in [2.75, 3.05) is 6.54 Å². The minimum absolute atomic E-state index is 0.495. The molecule has 0 aliphatic rings. The highest BCUT2D eigenvalue weighted by atomic mass is 16.4. The van der Waals surface area contributed by atoms with E-state index in [4.69, 9.17) is 5.11 Å². The molecule has 21 heavy (non-hydrogen) atoms. The molecule has 118 valence electrons. The molecule has 0 saturated carbocycles. The van der Waals surface area contributed by atoms with Crippen LogP contribution in [0.2, 0.25) is 0 Å². The average molecular weight is 293 g/mol. The van der Waals surface area contributed by atoms with Crippen molar-refractivity contribution in [2.45, 2.75) is 58.6 Å². The first kappa shape index (κ1) is 17.7. The van der Waals surface area contributed by atoms with E-state index in [9.17, 15) is 9.90 Å². The highest BCUT2D eigenvalue weighted by Crippen LogP contribution is 2.19. The number of hydrogen-bond donors (Lipinski definition) is 3. The molecule has 3 N–H and O–H groups in total. The van der Waals surface area contributed by atoms with Gasteiger partial charge in [0.25, 0.3) is 0 Å². The summed E-state index contributed by atoms with van der Waals surface area (Å²) in [5.74, 6) is -0.816. The van der Waals surface area contributed by atoms with Crippen molar-refractivity contribution in [3.05, 3.63) is 34.9 Å². The Balaban J connectivity index is 2.46. The van der Waals surface area contributed by atoms with E-state index in [1.165, 1.54) is 5.56 Å². The fraction of sp³-hybridized carbons (Fsp3) is 0.588. The van der Waals surface area contributed by atoms with Crippen molar-refractivity contribution in [3.63, 3.8) is 0 Å². The number of aryl methyl sites for hydroxylation is 2. The van der Waals surface area contributed by atoms with Gasteiger partial charge >= 0.3 is 5.97 Å². The fourth-order valence-corrected chi connectivity index (χ4v) is 2.25. The first-order valence-corrected chi connectivity index (χ1v) is 7.67. The normalized spacial score (nSPS) is 13.9. The predicted octanol–water partition coefficient (Wildman–Crippen LogP) is 2.96. The highest BCUT2D eigenvalue weighted by molar-refractivity contribution is 5.73. The number of unbranched alkanes of at least 4 members (excludes halogenated alkanes) is 1. The predicted molar refractivity (Wildman–Crippen MR) is 84.4 cm³/mol. The second-order valence-electron chi connectivity index (χ2n) is 5.64. The maximum absolute atomic E-state index is 11.1. The number of rotatable bonds is 9. The molecule has 0 amide bonds. The van der Waals surface area contributed by atoms with Crippen molar-refractivity contribution < 1.29 is 15.0 Å². The van der Waals surface area contributed by atoms with Crippen molar-refractivity contribution in [1.29, 1.82) is 0 Å². The van der Waals surface area contributed by atoms with Crippen LogP contribution in [0.1, 0.15) is 55.4 Å². The van der Waals surface area contributed by atoms with Crippen LogP contribution in [0.15, 0.2) is 18.2 Å². The van der Waals surface area contributed by atoms with Crippen molar-refractivity contribution in [3.8, 4) is 0 Å². The van der Waals surface area contributed by atoms with E-state index < -0.39 is 18.1 Å². The quantitative estimate of drug-likeness (QED) is 0.654. The van der Waals surface area contributed by atoms with Gasteiger partial charge in [0.1, 0.15) is 6.04 Å². The molecule has 1 aromatic carbocycles. The number of aliphatic hydroxyl groups is 1. The average Bonchev–Trinajstić information content (AvgIpc) is 2.44. The number of carboxylic acids is 1. The second kappa shape index (κ2) is 8.80. The van der Waals surface area contributed by atoms with Crippen molar-refractivity contribution >= 4 is 5.97 Å². The number of benzene rings is 1. The third-order valence-electron chi connectivity index (χ3n) is 3.87. The maximum atomic E-state index is 11.1. The Morgan fingerprint density at radius 2 is 1.95 bits per heavy atom. The Bertz CT molecular complexity index is 459. The SMILES string of the molecule is CCCCC(NCCC(O)c1ccc(C)c(C)c1)C(=O)O. The van der Waals surface area contributed by atoms with Crippen LogP contribution >= 0.6 is 0 Å². The van der Waals surface area contributed by atoms with E-state index >= 15 is 0 Å². The molecule has 0 aliphatic carbocycles. The Morgan fingerprint density at radius 3 is 2.52 bits per heavy atom. The fourth-order valence-electron chi connectivity index (χ4n) is 2.25. The minimum atomic E-state index is -0.816. The molecule has 0 spiro atoms. The van der Waals surface area contributed by atoms with Gasteiger partial charge < -0.3 is 15.5 Å². The molecule has 0 bridgehead atoms. The van der Waals surface area contributed by atoms with Gasteiger partial charge in [-0.05, 0) is 49.9 Å². The smallest absolute Gasteiger partial charge is 0.320 e. The van der Waals surface area contributed by atoms with E-state index in [0.717, 1.165) is 24.0 Å². The third-order valence-corrected chi connectivity index (χ3v) is 3.87. The molecule has 0 heterocycles. The third kappa shape index (κ3) is 5.86. The van der Waals surface area contributed by atoms with Gasteiger partial charge in [0.05, 0.1) is 6.10 Å². The van der Waals surface area contributed by atoms with Crippen molar-refractivity contribution in [1.82, 2.24) is 5.32 Å². The zero-order valence-corrected chi connectivity index (χ0v) is 13.2. The topological polar surface area (TPSA) is 69.6 Å². The molecule has 4 heteroatoms. The molecule has 0 aliphatic heterocycles. The van der Waals surface area contributed by atoms with E-state index in [1.807, 2.05) is 39.0 Å². The summed E-state index contributed by atoms with van der Waals surface area (Å²) in [6.45, 7) is 6.60. The van der Waals surface area contributed by atoms with Crippen LogP contribution in [0.3, 0.4) is 0 Å². The molecule has 0 aromatic heterocycles. The van der Waals surface area contributed by atoms with Gasteiger partial charge in [0.15, 0.2) is 0 Å². The molecular weight excluding hydrogens is 266 g/mol. The van der Waals surface area contributed by atoms with Crippen LogP contribution in [-0.4, -0.2) is 28.8 Å². The number of hydrogen-bond acceptors (Lipinski definition) is 3. The lowest BCUT2D eigenvalue weighted by Crippen LogP contribution is -2.37. The van der Waals surface area contributed by atoms with E-state index in [1.54, 1.807) is 0 Å². The van der Waals surface area contributed by atoms with Gasteiger partial charge in [-0.25, -0.2) is 0 Å². The Morgan fingerprint density at radius 1 is 1.24 bits per heavy atom. The Hall–Kier alpha value is -1.39. The Labute approximate surface area is 127 Å². The molecule has 1 aromatic rings. The van der Waals surface area contributed by atoms with Crippen LogP contribution in [0.25, 0.3) is 0 Å². The van der Waals surface area contributed by atoms with Crippen LogP contribution in [-0.2, 0) is 4.79 Å². The summed E-state index contributed by atoms with van der Waals surface area (Å²) in [5, 5.41) is 22.3. The van der Waals surface area contributed by atoms with Crippen LogP contribution < -0.4 is 5.32 Å². The van der Waals surface area contributed by atoms with Crippen molar-refractivity contribution in [2.24, 2.45) is 0 Å². The zero-order valence-electron chi connectivity index (χ0n) is 13.2. The molecule has 2 unspecified atom stereocenters. The highest BCUT2D eigenvalue weighted by Gasteiger charge is 2.16. The maximum Gasteiger partial charge on any atom is 0.320 e. The first-order valence-electron chi connectivity index (χ1n) is 7.67. The van der Waals surface area contributed by atoms with E-state index in [-0.39, 0.29) is 0 Å². The largest absolute Gasteiger partial charge is 0.480 e. The standard InChI is InChI=1S/C17H27NO3/c1-4-5-6-15(17(20)21)18-10-9-16(19)14-8-7-12(2)13(3)11-14/h7-8,11,15-16,18-19H,4-6,9-10H2,1-3H3,(H,20,21). The van der Waals surface area contributed by atoms with E-state index in [2.05, 4.69) is 5.32 Å². The second-order valence-corrected chi connectivity index (χ2v) is 5.64. The molecule has 0 fully saturated rings. The monoisotopic (exact) mass is 293 g/mol. The lowest BCUT2D eigenvalue weighted by molar-refractivity contribution is -0.139. The summed E-state index contributed by atoms with van der Waals surface area (Å²) in [6.07, 6.45) is 2.46. The summed E-state index contributed by atoms with van der Waals surface area (Å²) >= 11 is 0. The zero-order chi connectivity index (χ0) is 15.8. The van der Waals surface area contributed by atoms with E-state index in [0.29, 0.717) is 19.4 Å². The van der Waals surface area contributed by atoms with Gasteiger partial charge in [-0.3, -0.25) is 4.79 Å². The number of aliphatic carboxylic acids is 1. The van der Waals surface area contributed by atoms with Gasteiger partial charge in [0, 0.05) is 0 Å². The summed E-state index contributed by atoms with van der Waals surface area (Å²) in [5.41, 5.74) is 3.25. The van der Waals surface area contributed by atoms with Crippen LogP contribution in [0.5, 0.6) is 0 Å². The molecular formula is C17H27NO3. The van der Waals surface area contributed by atoms with Gasteiger partial charge in [-0.15, -0.1) is 0 Å². The molecule has 1 rings (SSSR count). The van der Waals surface area contributed by atoms with Gasteiger partial charge in [0.2, 0.25) is 0 Å². The molecule has 2 atom stereocenters. The number of aliphatic hydroxyl groups excluding tert-OH is 1. The number of carbonyl (C=O) groups is 1. The summed E-state index contributed by atoms with van der Waals surface area (Å²) < 4.78 is 0. The van der Waals surface area contributed by atoms with Crippen LogP contribution in [0, 0.1) is 13.8 Å². The lowest BCUT2D eigenvalue weighted by Gasteiger charge is -2.17. The Kier molecular flexibility index (Phi) is 7.40. The number of carboxylic acid groups (broad SMARTS) is 1. The lowest BCUT2D eigenvalue weighted by atomic mass is 10.0. The van der Waals surface area contributed by atoms with Gasteiger partial charge in [-0.2, -0.15) is 0 Å². The van der Waals surface area contributed by atoms with Gasteiger partial charge in [-0.1, -0.05) is 38.0 Å². The summed E-state index contributed by atoms with van der Waals surface area (Å²) in [4.78, 5) is 11.1. The first-order chi connectivity index (χ1) is 9.95. The summed E-state index contributed by atoms with van der Waals surface area (Å²) in [6, 6.07) is 5.41.